The van der Waals surface area contributed by atoms with Crippen LogP contribution >= 0.6 is 0 Å². The summed E-state index contributed by atoms with van der Waals surface area (Å²) in [6.45, 7) is 1.18. The first kappa shape index (κ1) is 19.2. The first-order valence-corrected chi connectivity index (χ1v) is 9.72. The van der Waals surface area contributed by atoms with Crippen molar-refractivity contribution < 1.29 is 28.7 Å². The van der Waals surface area contributed by atoms with Gasteiger partial charge in [0.15, 0.2) is 12.1 Å². The summed E-state index contributed by atoms with van der Waals surface area (Å²) in [5.41, 5.74) is -0.683. The van der Waals surface area contributed by atoms with Crippen LogP contribution in [0.5, 0.6) is 5.75 Å². The second-order valence-corrected chi connectivity index (χ2v) is 7.68. The smallest absolute Gasteiger partial charge is 0.326 e. The Morgan fingerprint density at radius 2 is 2.10 bits per heavy atom. The van der Waals surface area contributed by atoms with Crippen molar-refractivity contribution in [1.82, 2.24) is 15.5 Å². The summed E-state index contributed by atoms with van der Waals surface area (Å²) in [4.78, 5) is 50.3. The molecule has 2 N–H and O–H groups in total. The zero-order valence-corrected chi connectivity index (χ0v) is 16.1. The number of carbonyl (C=O) groups excluding carboxylic acids is 4. The number of amides is 4. The third kappa shape index (κ3) is 3.64. The van der Waals surface area contributed by atoms with Crippen LogP contribution < -0.4 is 15.4 Å². The largest absolute Gasteiger partial charge is 0.493 e. The molecule has 4 amide bonds. The van der Waals surface area contributed by atoms with Crippen molar-refractivity contribution in [1.29, 1.82) is 0 Å². The number of urea groups is 1. The molecule has 2 aliphatic heterocycles. The molecule has 1 saturated heterocycles. The maximum absolute atomic E-state index is 13.1. The van der Waals surface area contributed by atoms with Crippen molar-refractivity contribution in [2.45, 2.75) is 37.8 Å². The summed E-state index contributed by atoms with van der Waals surface area (Å²) in [7, 11) is 0. The Labute approximate surface area is 167 Å². The van der Waals surface area contributed by atoms with Crippen LogP contribution in [-0.4, -0.2) is 54.5 Å². The highest BCUT2D eigenvalue weighted by atomic mass is 16.5. The molecule has 2 atom stereocenters. The van der Waals surface area contributed by atoms with Gasteiger partial charge in [0.05, 0.1) is 6.61 Å². The highest BCUT2D eigenvalue weighted by Gasteiger charge is 2.55. The Bertz CT molecular complexity index is 868. The van der Waals surface area contributed by atoms with E-state index in [4.69, 9.17) is 9.47 Å². The lowest BCUT2D eigenvalue weighted by molar-refractivity contribution is -0.151. The number of nitrogens with one attached hydrogen (secondary N) is 2. The molecule has 1 aromatic carbocycles. The highest BCUT2D eigenvalue weighted by molar-refractivity contribution is 6.09. The van der Waals surface area contributed by atoms with E-state index in [1.165, 1.54) is 0 Å². The van der Waals surface area contributed by atoms with Crippen LogP contribution in [0.4, 0.5) is 4.79 Å². The number of carbonyl (C=O) groups is 4. The number of hydrogen-bond acceptors (Lipinski definition) is 6. The van der Waals surface area contributed by atoms with Crippen LogP contribution in [0.1, 0.15) is 31.7 Å². The van der Waals surface area contributed by atoms with Crippen LogP contribution in [0.15, 0.2) is 24.3 Å². The van der Waals surface area contributed by atoms with E-state index in [0.29, 0.717) is 17.2 Å². The minimum Gasteiger partial charge on any atom is -0.493 e. The number of hydrogen-bond donors (Lipinski definition) is 2. The molecule has 0 aromatic heterocycles. The monoisotopic (exact) mass is 401 g/mol. The van der Waals surface area contributed by atoms with E-state index in [9.17, 15) is 19.2 Å². The molecule has 9 nitrogen and oxygen atoms in total. The minimum absolute atomic E-state index is 0.0422. The molecule has 29 heavy (non-hydrogen) atoms. The van der Waals surface area contributed by atoms with Gasteiger partial charge in [-0.25, -0.2) is 4.79 Å². The average molecular weight is 401 g/mol. The van der Waals surface area contributed by atoms with Crippen LogP contribution in [0.2, 0.25) is 0 Å². The van der Waals surface area contributed by atoms with Crippen molar-refractivity contribution in [2.75, 3.05) is 19.8 Å². The van der Waals surface area contributed by atoms with Gasteiger partial charge in [-0.3, -0.25) is 19.3 Å². The van der Waals surface area contributed by atoms with Gasteiger partial charge in [-0.2, -0.15) is 0 Å². The molecular formula is C20H23N3O6. The van der Waals surface area contributed by atoms with Crippen LogP contribution in [0.25, 0.3) is 0 Å². The van der Waals surface area contributed by atoms with Crippen molar-refractivity contribution in [2.24, 2.45) is 5.92 Å². The Kier molecular flexibility index (Phi) is 4.89. The number of ether oxygens (including phenoxy) is 2. The Hall–Kier alpha value is -3.10. The summed E-state index contributed by atoms with van der Waals surface area (Å²) in [5, 5.41) is 5.49. The van der Waals surface area contributed by atoms with Gasteiger partial charge in [-0.05, 0) is 31.7 Å². The number of benzene rings is 1. The van der Waals surface area contributed by atoms with E-state index in [0.717, 1.165) is 17.7 Å². The highest BCUT2D eigenvalue weighted by Crippen LogP contribution is 2.40. The maximum atomic E-state index is 13.1. The fraction of sp³-hybridized carbons (Fsp3) is 0.500. The van der Waals surface area contributed by atoms with Gasteiger partial charge in [0, 0.05) is 18.0 Å². The molecule has 2 fully saturated rings. The summed E-state index contributed by atoms with van der Waals surface area (Å²) in [5.74, 6) is -0.732. The molecule has 154 valence electrons. The lowest BCUT2D eigenvalue weighted by atomic mass is 9.84. The third-order valence-corrected chi connectivity index (χ3v) is 5.63. The van der Waals surface area contributed by atoms with Crippen molar-refractivity contribution in [3.05, 3.63) is 29.8 Å². The second-order valence-electron chi connectivity index (χ2n) is 7.68. The van der Waals surface area contributed by atoms with Gasteiger partial charge in [0.25, 0.3) is 11.8 Å². The first-order valence-electron chi connectivity index (χ1n) is 9.72. The standard InChI is InChI=1S/C20H23N3O6/c1-12(13-6-7-13)21-16(24)11-29-17(25)10-23-18(26)20(22-19(23)27)8-9-28-15-5-3-2-4-14(15)20/h2-5,12-13H,6-11H2,1H3,(H,21,24)(H,22,27)/t12-,20-/m0/s1. The van der Waals surface area contributed by atoms with Crippen molar-refractivity contribution in [3.8, 4) is 5.75 Å². The second kappa shape index (κ2) is 7.38. The number of rotatable bonds is 6. The number of imide groups is 1. The predicted molar refractivity (Wildman–Crippen MR) is 99.8 cm³/mol. The SMILES string of the molecule is C[C@H](NC(=O)COC(=O)CN1C(=O)N[C@]2(CCOc3ccccc32)C1=O)C1CC1. The summed E-state index contributed by atoms with van der Waals surface area (Å²) >= 11 is 0. The molecule has 1 aromatic rings. The number of esters is 1. The van der Waals surface area contributed by atoms with Gasteiger partial charge in [-0.1, -0.05) is 18.2 Å². The molecule has 3 aliphatic rings. The van der Waals surface area contributed by atoms with Gasteiger partial charge < -0.3 is 20.1 Å². The van der Waals surface area contributed by atoms with E-state index in [1.54, 1.807) is 24.3 Å². The fourth-order valence-corrected chi connectivity index (χ4v) is 3.85. The van der Waals surface area contributed by atoms with Gasteiger partial charge >= 0.3 is 12.0 Å². The molecule has 0 bridgehead atoms. The number of nitrogens with zero attached hydrogens (tertiary/aromatic N) is 1. The number of para-hydroxylation sites is 1. The van der Waals surface area contributed by atoms with Gasteiger partial charge in [0.2, 0.25) is 0 Å². The molecule has 1 aliphatic carbocycles. The molecule has 4 rings (SSSR count). The Morgan fingerprint density at radius 3 is 2.86 bits per heavy atom. The zero-order valence-electron chi connectivity index (χ0n) is 16.1. The van der Waals surface area contributed by atoms with E-state index >= 15 is 0 Å². The quantitative estimate of drug-likeness (QED) is 0.535. The number of fused-ring (bicyclic) bond motifs is 2. The zero-order chi connectivity index (χ0) is 20.6. The molecule has 0 radical (unpaired) electrons. The summed E-state index contributed by atoms with van der Waals surface area (Å²) in [6.07, 6.45) is 2.44. The lowest BCUT2D eigenvalue weighted by Crippen LogP contribution is -2.47. The summed E-state index contributed by atoms with van der Waals surface area (Å²) in [6, 6.07) is 6.36. The van der Waals surface area contributed by atoms with Gasteiger partial charge in [-0.15, -0.1) is 0 Å². The molecule has 1 spiro atoms. The first-order chi connectivity index (χ1) is 13.9. The van der Waals surface area contributed by atoms with E-state index in [1.807, 2.05) is 6.92 Å². The van der Waals surface area contributed by atoms with Crippen LogP contribution in [0, 0.1) is 5.92 Å². The van der Waals surface area contributed by atoms with Crippen molar-refractivity contribution >= 4 is 23.8 Å². The lowest BCUT2D eigenvalue weighted by Gasteiger charge is -2.33. The van der Waals surface area contributed by atoms with Crippen LogP contribution in [-0.2, 0) is 24.7 Å². The van der Waals surface area contributed by atoms with Crippen molar-refractivity contribution in [3.63, 3.8) is 0 Å². The Balaban J connectivity index is 1.37. The van der Waals surface area contributed by atoms with E-state index < -0.39 is 42.5 Å². The van der Waals surface area contributed by atoms with Crippen LogP contribution in [0.3, 0.4) is 0 Å². The van der Waals surface area contributed by atoms with E-state index in [-0.39, 0.29) is 19.1 Å². The summed E-state index contributed by atoms with van der Waals surface area (Å²) < 4.78 is 10.5. The third-order valence-electron chi connectivity index (χ3n) is 5.63. The minimum atomic E-state index is -1.25. The predicted octanol–water partition coefficient (Wildman–Crippen LogP) is 0.674. The molecule has 9 heteroatoms. The topological polar surface area (TPSA) is 114 Å². The average Bonchev–Trinajstić information content (AvgIpc) is 3.52. The van der Waals surface area contributed by atoms with Gasteiger partial charge in [0.1, 0.15) is 12.3 Å². The molecule has 0 unspecified atom stereocenters. The Morgan fingerprint density at radius 1 is 1.34 bits per heavy atom. The van der Waals surface area contributed by atoms with E-state index in [2.05, 4.69) is 10.6 Å². The molecular weight excluding hydrogens is 378 g/mol. The molecule has 1 saturated carbocycles. The fourth-order valence-electron chi connectivity index (χ4n) is 3.85. The normalized spacial score (nSPS) is 23.8. The molecule has 2 heterocycles. The maximum Gasteiger partial charge on any atom is 0.326 e.